The van der Waals surface area contributed by atoms with Crippen LogP contribution in [0.15, 0.2) is 35.8 Å². The number of pyridine rings is 1. The van der Waals surface area contributed by atoms with Crippen molar-refractivity contribution in [2.24, 2.45) is 0 Å². The first-order valence-corrected chi connectivity index (χ1v) is 3.64. The minimum Gasteiger partial charge on any atom is -0.491 e. The standard InChI is InChI=1S/C9H11NO2/c1-3-6-10-7-4-5-8(12-2)9(10)11/h3-5,7H,1,6H2,2H3. The highest BCUT2D eigenvalue weighted by Crippen LogP contribution is 1.99. The Labute approximate surface area is 70.9 Å². The maximum Gasteiger partial charge on any atom is 0.293 e. The largest absolute Gasteiger partial charge is 0.491 e. The second-order valence-corrected chi connectivity index (χ2v) is 2.32. The van der Waals surface area contributed by atoms with Gasteiger partial charge in [0, 0.05) is 12.7 Å². The van der Waals surface area contributed by atoms with Gasteiger partial charge in [0.2, 0.25) is 0 Å². The molecule has 0 aliphatic carbocycles. The summed E-state index contributed by atoms with van der Waals surface area (Å²) >= 11 is 0. The summed E-state index contributed by atoms with van der Waals surface area (Å²) in [4.78, 5) is 11.4. The van der Waals surface area contributed by atoms with Gasteiger partial charge in [0.05, 0.1) is 7.11 Å². The first-order valence-electron chi connectivity index (χ1n) is 3.64. The molecule has 0 saturated heterocycles. The number of ether oxygens (including phenoxy) is 1. The molecule has 0 saturated carbocycles. The molecule has 0 bridgehead atoms. The van der Waals surface area contributed by atoms with Gasteiger partial charge in [-0.05, 0) is 12.1 Å². The van der Waals surface area contributed by atoms with Gasteiger partial charge in [-0.1, -0.05) is 6.08 Å². The van der Waals surface area contributed by atoms with Crippen molar-refractivity contribution in [1.29, 1.82) is 0 Å². The van der Waals surface area contributed by atoms with Crippen LogP contribution in [0.4, 0.5) is 0 Å². The number of hydrogen-bond donors (Lipinski definition) is 0. The Kier molecular flexibility index (Phi) is 2.69. The second-order valence-electron chi connectivity index (χ2n) is 2.32. The maximum atomic E-state index is 11.4. The highest BCUT2D eigenvalue weighted by atomic mass is 16.5. The summed E-state index contributed by atoms with van der Waals surface area (Å²) in [7, 11) is 1.48. The van der Waals surface area contributed by atoms with Gasteiger partial charge in [0.25, 0.3) is 5.56 Å². The molecule has 64 valence electrons. The van der Waals surface area contributed by atoms with Crippen molar-refractivity contribution < 1.29 is 4.74 Å². The lowest BCUT2D eigenvalue weighted by molar-refractivity contribution is 0.404. The smallest absolute Gasteiger partial charge is 0.293 e. The second kappa shape index (κ2) is 3.76. The van der Waals surface area contributed by atoms with Crippen molar-refractivity contribution in [3.63, 3.8) is 0 Å². The predicted octanol–water partition coefficient (Wildman–Crippen LogP) is 1.04. The molecule has 0 amide bonds. The molecule has 0 N–H and O–H groups in total. The van der Waals surface area contributed by atoms with Crippen LogP contribution in [0.2, 0.25) is 0 Å². The maximum absolute atomic E-state index is 11.4. The van der Waals surface area contributed by atoms with E-state index < -0.39 is 0 Å². The van der Waals surface area contributed by atoms with Crippen LogP contribution >= 0.6 is 0 Å². The molecule has 0 unspecified atom stereocenters. The first-order chi connectivity index (χ1) is 5.79. The molecule has 0 radical (unpaired) electrons. The average molecular weight is 165 g/mol. The zero-order valence-corrected chi connectivity index (χ0v) is 6.99. The van der Waals surface area contributed by atoms with Crippen molar-refractivity contribution in [2.45, 2.75) is 6.54 Å². The van der Waals surface area contributed by atoms with E-state index in [-0.39, 0.29) is 5.56 Å². The molecule has 3 nitrogen and oxygen atoms in total. The fourth-order valence-corrected chi connectivity index (χ4v) is 0.953. The lowest BCUT2D eigenvalue weighted by Gasteiger charge is -2.03. The minimum absolute atomic E-state index is 0.125. The lowest BCUT2D eigenvalue weighted by atomic mass is 10.4. The molecular weight excluding hydrogens is 154 g/mol. The molecule has 0 aliphatic rings. The number of nitrogens with zero attached hydrogens (tertiary/aromatic N) is 1. The van der Waals surface area contributed by atoms with Crippen LogP contribution in [0.5, 0.6) is 5.75 Å². The summed E-state index contributed by atoms with van der Waals surface area (Å²) in [6.07, 6.45) is 3.37. The van der Waals surface area contributed by atoms with E-state index in [1.54, 1.807) is 24.4 Å². The molecule has 1 rings (SSSR count). The van der Waals surface area contributed by atoms with Gasteiger partial charge in [0.1, 0.15) is 0 Å². The molecular formula is C9H11NO2. The number of methoxy groups -OCH3 is 1. The fourth-order valence-electron chi connectivity index (χ4n) is 0.953. The molecule has 12 heavy (non-hydrogen) atoms. The third-order valence-electron chi connectivity index (χ3n) is 1.53. The van der Waals surface area contributed by atoms with Gasteiger partial charge < -0.3 is 9.30 Å². The quantitative estimate of drug-likeness (QED) is 0.627. The van der Waals surface area contributed by atoms with Crippen molar-refractivity contribution in [2.75, 3.05) is 7.11 Å². The Morgan fingerprint density at radius 2 is 2.50 bits per heavy atom. The normalized spacial score (nSPS) is 9.42. The summed E-state index contributed by atoms with van der Waals surface area (Å²) in [6, 6.07) is 3.41. The molecule has 3 heteroatoms. The van der Waals surface area contributed by atoms with E-state index >= 15 is 0 Å². The van der Waals surface area contributed by atoms with Crippen LogP contribution in [0, 0.1) is 0 Å². The number of hydrogen-bond acceptors (Lipinski definition) is 2. The van der Waals surface area contributed by atoms with Crippen LogP contribution in [0.1, 0.15) is 0 Å². The number of rotatable bonds is 3. The van der Waals surface area contributed by atoms with E-state index in [2.05, 4.69) is 6.58 Å². The third-order valence-corrected chi connectivity index (χ3v) is 1.53. The summed E-state index contributed by atoms with van der Waals surface area (Å²) in [5, 5.41) is 0. The van der Waals surface area contributed by atoms with Gasteiger partial charge in [-0.25, -0.2) is 0 Å². The van der Waals surface area contributed by atoms with Crippen LogP contribution in [0.3, 0.4) is 0 Å². The molecule has 1 heterocycles. The van der Waals surface area contributed by atoms with Gasteiger partial charge in [-0.3, -0.25) is 4.79 Å². The summed E-state index contributed by atoms with van der Waals surface area (Å²) in [6.45, 7) is 4.06. The van der Waals surface area contributed by atoms with Crippen LogP contribution in [-0.2, 0) is 6.54 Å². The summed E-state index contributed by atoms with van der Waals surface area (Å²) in [5.74, 6) is 0.361. The zero-order valence-electron chi connectivity index (χ0n) is 6.99. The Morgan fingerprint density at radius 3 is 3.08 bits per heavy atom. The molecule has 0 spiro atoms. The number of allylic oxidation sites excluding steroid dienone is 1. The Hall–Kier alpha value is -1.51. The van der Waals surface area contributed by atoms with Crippen molar-refractivity contribution >= 4 is 0 Å². The topological polar surface area (TPSA) is 31.2 Å². The predicted molar refractivity (Wildman–Crippen MR) is 47.5 cm³/mol. The van der Waals surface area contributed by atoms with E-state index in [4.69, 9.17) is 4.74 Å². The van der Waals surface area contributed by atoms with E-state index in [0.29, 0.717) is 12.3 Å². The number of aromatic nitrogens is 1. The molecule has 1 aromatic heterocycles. The Bertz CT molecular complexity index is 328. The van der Waals surface area contributed by atoms with E-state index in [9.17, 15) is 4.79 Å². The third kappa shape index (κ3) is 1.56. The van der Waals surface area contributed by atoms with Crippen molar-refractivity contribution in [3.8, 4) is 5.75 Å². The highest BCUT2D eigenvalue weighted by Gasteiger charge is 1.99. The fraction of sp³-hybridized carbons (Fsp3) is 0.222. The van der Waals surface area contributed by atoms with Gasteiger partial charge in [-0.15, -0.1) is 6.58 Å². The van der Waals surface area contributed by atoms with Gasteiger partial charge >= 0.3 is 0 Å². The average Bonchev–Trinajstić information content (AvgIpc) is 2.09. The van der Waals surface area contributed by atoms with E-state index in [0.717, 1.165) is 0 Å². The summed E-state index contributed by atoms with van der Waals surface area (Å²) in [5.41, 5.74) is -0.125. The molecule has 0 atom stereocenters. The van der Waals surface area contributed by atoms with Crippen LogP contribution < -0.4 is 10.3 Å². The monoisotopic (exact) mass is 165 g/mol. The Balaban J connectivity index is 3.14. The highest BCUT2D eigenvalue weighted by molar-refractivity contribution is 5.17. The van der Waals surface area contributed by atoms with Crippen molar-refractivity contribution in [3.05, 3.63) is 41.3 Å². The van der Waals surface area contributed by atoms with Crippen molar-refractivity contribution in [1.82, 2.24) is 4.57 Å². The summed E-state index contributed by atoms with van der Waals surface area (Å²) < 4.78 is 6.40. The van der Waals surface area contributed by atoms with Crippen LogP contribution in [-0.4, -0.2) is 11.7 Å². The zero-order chi connectivity index (χ0) is 8.97. The van der Waals surface area contributed by atoms with E-state index in [1.165, 1.54) is 11.7 Å². The molecule has 0 aliphatic heterocycles. The van der Waals surface area contributed by atoms with E-state index in [1.807, 2.05) is 0 Å². The van der Waals surface area contributed by atoms with Gasteiger partial charge in [-0.2, -0.15) is 0 Å². The Morgan fingerprint density at radius 1 is 1.75 bits per heavy atom. The SMILES string of the molecule is C=CCn1cccc(OC)c1=O. The van der Waals surface area contributed by atoms with Crippen LogP contribution in [0.25, 0.3) is 0 Å². The lowest BCUT2D eigenvalue weighted by Crippen LogP contribution is -2.19. The minimum atomic E-state index is -0.125. The first kappa shape index (κ1) is 8.59. The molecule has 1 aromatic rings. The molecule has 0 aromatic carbocycles. The molecule has 0 fully saturated rings. The van der Waals surface area contributed by atoms with Gasteiger partial charge in [0.15, 0.2) is 5.75 Å².